The first kappa shape index (κ1) is 18.1. The van der Waals surface area contributed by atoms with Crippen molar-refractivity contribution in [2.24, 2.45) is 0 Å². The summed E-state index contributed by atoms with van der Waals surface area (Å²) < 4.78 is 20.4. The van der Waals surface area contributed by atoms with E-state index in [1.54, 1.807) is 6.07 Å². The molecule has 1 unspecified atom stereocenters. The third kappa shape index (κ3) is 3.13. The van der Waals surface area contributed by atoms with Gasteiger partial charge in [0.1, 0.15) is 17.7 Å². The molecule has 1 aliphatic carbocycles. The summed E-state index contributed by atoms with van der Waals surface area (Å²) in [5.74, 6) is -0.0594. The lowest BCUT2D eigenvalue weighted by molar-refractivity contribution is -0.126. The molecular formula is C23H21FN2O3. The molecule has 1 N–H and O–H groups in total. The summed E-state index contributed by atoms with van der Waals surface area (Å²) in [5.41, 5.74) is 5.26. The Balaban J connectivity index is 1.46. The van der Waals surface area contributed by atoms with Crippen molar-refractivity contribution in [2.75, 3.05) is 13.6 Å². The van der Waals surface area contributed by atoms with Crippen molar-refractivity contribution >= 4 is 23.1 Å². The first-order valence-corrected chi connectivity index (χ1v) is 9.80. The fourth-order valence-electron chi connectivity index (χ4n) is 4.59. The van der Waals surface area contributed by atoms with Crippen LogP contribution in [0.25, 0.3) is 11.3 Å². The van der Waals surface area contributed by atoms with E-state index in [9.17, 15) is 14.0 Å². The molecule has 1 saturated heterocycles. The van der Waals surface area contributed by atoms with E-state index < -0.39 is 6.04 Å². The third-order valence-electron chi connectivity index (χ3n) is 6.00. The number of imide groups is 1. The lowest BCUT2D eigenvalue weighted by atomic mass is 9.95. The Bertz CT molecular complexity index is 1060. The van der Waals surface area contributed by atoms with Gasteiger partial charge in [0.25, 0.3) is 0 Å². The maximum absolute atomic E-state index is 14.0. The number of carbonyl (C=O) groups is 2. The second kappa shape index (κ2) is 6.81. The number of nitrogens with zero attached hydrogens (tertiary/aromatic N) is 1. The number of hydrogen-bond donors (Lipinski definition) is 1. The highest BCUT2D eigenvalue weighted by molar-refractivity contribution is 6.05. The normalized spacial score (nSPS) is 22.7. The van der Waals surface area contributed by atoms with Crippen LogP contribution in [0.1, 0.15) is 35.1 Å². The van der Waals surface area contributed by atoms with E-state index in [4.69, 9.17) is 4.74 Å². The Kier molecular flexibility index (Phi) is 4.24. The molecule has 2 heterocycles. The molecule has 0 spiro atoms. The molecule has 3 aliphatic rings. The second-order valence-electron chi connectivity index (χ2n) is 7.96. The predicted octanol–water partition coefficient (Wildman–Crippen LogP) is 2.73. The molecule has 2 amide bonds. The highest BCUT2D eigenvalue weighted by Crippen LogP contribution is 2.44. The van der Waals surface area contributed by atoms with Crippen LogP contribution in [0, 0.1) is 5.82 Å². The monoisotopic (exact) mass is 392 g/mol. The Morgan fingerprint density at radius 2 is 1.90 bits per heavy atom. The van der Waals surface area contributed by atoms with Gasteiger partial charge < -0.3 is 4.74 Å². The van der Waals surface area contributed by atoms with Crippen LogP contribution < -0.4 is 5.32 Å². The van der Waals surface area contributed by atoms with E-state index >= 15 is 0 Å². The molecule has 5 nitrogen and oxygen atoms in total. The van der Waals surface area contributed by atoms with Crippen LogP contribution >= 0.6 is 0 Å². The Morgan fingerprint density at radius 3 is 2.69 bits per heavy atom. The zero-order chi connectivity index (χ0) is 20.1. The second-order valence-corrected chi connectivity index (χ2v) is 7.96. The molecule has 148 valence electrons. The average molecular weight is 392 g/mol. The minimum atomic E-state index is -0.469. The van der Waals surface area contributed by atoms with Crippen LogP contribution in [0.4, 0.5) is 4.39 Å². The number of halogens is 1. The van der Waals surface area contributed by atoms with Crippen molar-refractivity contribution in [3.8, 4) is 0 Å². The van der Waals surface area contributed by atoms with Gasteiger partial charge in [-0.25, -0.2) is 4.39 Å². The Hall–Kier alpha value is -2.99. The number of ether oxygens (including phenoxy) is 1. The topological polar surface area (TPSA) is 58.6 Å². The summed E-state index contributed by atoms with van der Waals surface area (Å²) in [6.07, 6.45) is 1.41. The quantitative estimate of drug-likeness (QED) is 0.816. The van der Waals surface area contributed by atoms with Crippen molar-refractivity contribution in [2.45, 2.75) is 31.4 Å². The fourth-order valence-corrected chi connectivity index (χ4v) is 4.59. The van der Waals surface area contributed by atoms with Crippen molar-refractivity contribution in [3.05, 3.63) is 70.5 Å². The van der Waals surface area contributed by atoms with Gasteiger partial charge in [-0.05, 0) is 42.3 Å². The predicted molar refractivity (Wildman–Crippen MR) is 106 cm³/mol. The molecule has 5 rings (SSSR count). The first-order valence-electron chi connectivity index (χ1n) is 9.80. The minimum Gasteiger partial charge on any atom is -0.488 e. The lowest BCUT2D eigenvalue weighted by Gasteiger charge is -2.25. The molecule has 0 radical (unpaired) electrons. The number of rotatable bonds is 3. The van der Waals surface area contributed by atoms with Crippen LogP contribution in [0.15, 0.2) is 42.5 Å². The van der Waals surface area contributed by atoms with Crippen molar-refractivity contribution in [3.63, 3.8) is 0 Å². The van der Waals surface area contributed by atoms with Gasteiger partial charge in [0.2, 0.25) is 11.8 Å². The summed E-state index contributed by atoms with van der Waals surface area (Å²) in [6.45, 7) is 0.505. The molecule has 6 heteroatoms. The molecule has 1 fully saturated rings. The number of hydrogen-bond acceptors (Lipinski definition) is 4. The van der Waals surface area contributed by atoms with Crippen LogP contribution in [0.5, 0.6) is 0 Å². The zero-order valence-electron chi connectivity index (χ0n) is 16.1. The Labute approximate surface area is 168 Å². The van der Waals surface area contributed by atoms with E-state index in [0.717, 1.165) is 34.4 Å². The van der Waals surface area contributed by atoms with Crippen LogP contribution in [-0.2, 0) is 20.7 Å². The lowest BCUT2D eigenvalue weighted by Crippen LogP contribution is -2.41. The van der Waals surface area contributed by atoms with Crippen molar-refractivity contribution < 1.29 is 18.7 Å². The summed E-state index contributed by atoms with van der Waals surface area (Å²) >= 11 is 0. The molecule has 0 bridgehead atoms. The van der Waals surface area contributed by atoms with E-state index in [1.807, 2.05) is 30.1 Å². The van der Waals surface area contributed by atoms with Gasteiger partial charge in [0, 0.05) is 24.1 Å². The number of nitrogens with one attached hydrogen (secondary N) is 1. The zero-order valence-corrected chi connectivity index (χ0v) is 16.1. The van der Waals surface area contributed by atoms with Crippen molar-refractivity contribution in [1.82, 2.24) is 10.2 Å². The standard InChI is InChI=1S/C23H21FN2O3/c1-26(20-11-21(27)25-23(20)28)12-16-10-19-17-5-3-2-4-13(17)8-14-6-7-15(24)9-18(14)22(19)29-16/h2-7,9,16,20H,8,10-12H2,1H3,(H,25,27,28)/t16-,20?/m1/s1. The van der Waals surface area contributed by atoms with Crippen LogP contribution in [-0.4, -0.2) is 42.5 Å². The molecule has 0 saturated carbocycles. The van der Waals surface area contributed by atoms with Crippen LogP contribution in [0.2, 0.25) is 0 Å². The van der Waals surface area contributed by atoms with Gasteiger partial charge in [-0.1, -0.05) is 30.3 Å². The number of amides is 2. The van der Waals surface area contributed by atoms with Gasteiger partial charge in [-0.3, -0.25) is 19.8 Å². The van der Waals surface area contributed by atoms with Gasteiger partial charge in [-0.2, -0.15) is 0 Å². The number of likely N-dealkylation sites (N-methyl/N-ethyl adjacent to an activating group) is 1. The molecule has 29 heavy (non-hydrogen) atoms. The summed E-state index contributed by atoms with van der Waals surface area (Å²) in [5, 5.41) is 2.35. The summed E-state index contributed by atoms with van der Waals surface area (Å²) in [7, 11) is 1.83. The highest BCUT2D eigenvalue weighted by atomic mass is 19.1. The number of fused-ring (bicyclic) bond motifs is 4. The van der Waals surface area contributed by atoms with Crippen molar-refractivity contribution in [1.29, 1.82) is 0 Å². The molecule has 2 atom stereocenters. The maximum Gasteiger partial charge on any atom is 0.244 e. The van der Waals surface area contributed by atoms with Gasteiger partial charge in [0.05, 0.1) is 12.5 Å². The SMILES string of the molecule is CN(C[C@H]1CC2=C(O1)c1cc(F)ccc1Cc1ccccc12)C1CC(=O)NC1=O. The van der Waals surface area contributed by atoms with Gasteiger partial charge in [-0.15, -0.1) is 0 Å². The van der Waals surface area contributed by atoms with Gasteiger partial charge in [0.15, 0.2) is 0 Å². The Morgan fingerprint density at radius 1 is 1.10 bits per heavy atom. The third-order valence-corrected chi connectivity index (χ3v) is 6.00. The molecule has 2 aromatic rings. The number of carbonyl (C=O) groups excluding carboxylic acids is 2. The summed E-state index contributed by atoms with van der Waals surface area (Å²) in [6, 6.07) is 12.6. The van der Waals surface area contributed by atoms with Crippen LogP contribution in [0.3, 0.4) is 0 Å². The molecule has 2 aromatic carbocycles. The first-order chi connectivity index (χ1) is 14.0. The number of benzene rings is 2. The van der Waals surface area contributed by atoms with E-state index in [-0.39, 0.29) is 30.2 Å². The van der Waals surface area contributed by atoms with E-state index in [1.165, 1.54) is 11.6 Å². The minimum absolute atomic E-state index is 0.171. The van der Waals surface area contributed by atoms with Gasteiger partial charge >= 0.3 is 0 Å². The maximum atomic E-state index is 14.0. The smallest absolute Gasteiger partial charge is 0.244 e. The largest absolute Gasteiger partial charge is 0.488 e. The highest BCUT2D eigenvalue weighted by Gasteiger charge is 2.37. The molecule has 2 aliphatic heterocycles. The fraction of sp³-hybridized carbons (Fsp3) is 0.304. The molecular weight excluding hydrogens is 371 g/mol. The summed E-state index contributed by atoms with van der Waals surface area (Å²) in [4.78, 5) is 25.4. The van der Waals surface area contributed by atoms with E-state index in [2.05, 4.69) is 17.4 Å². The van der Waals surface area contributed by atoms with E-state index in [0.29, 0.717) is 13.0 Å². The molecule has 0 aromatic heterocycles. The average Bonchev–Trinajstić information content (AvgIpc) is 3.23.